The van der Waals surface area contributed by atoms with Gasteiger partial charge < -0.3 is 10.1 Å². The highest BCUT2D eigenvalue weighted by molar-refractivity contribution is 5.61. The third kappa shape index (κ3) is 2.43. The first-order valence-electron chi connectivity index (χ1n) is 5.49. The standard InChI is InChI=1S/C10H14N4O3/c1-17-10-8(14(15)16)9(12-6-13-10)11-5-7-3-2-4-7/h6-7H,2-5H2,1H3,(H,11,12,13). The lowest BCUT2D eigenvalue weighted by atomic mass is 9.85. The average Bonchev–Trinajstić information content (AvgIpc) is 2.26. The molecule has 1 aromatic heterocycles. The van der Waals surface area contributed by atoms with E-state index in [2.05, 4.69) is 15.3 Å². The molecule has 1 aliphatic rings. The fraction of sp³-hybridized carbons (Fsp3) is 0.600. The van der Waals surface area contributed by atoms with Crippen LogP contribution in [-0.2, 0) is 0 Å². The topological polar surface area (TPSA) is 90.2 Å². The lowest BCUT2D eigenvalue weighted by Gasteiger charge is -2.25. The van der Waals surface area contributed by atoms with Gasteiger partial charge in [0.15, 0.2) is 0 Å². The molecule has 0 aliphatic heterocycles. The molecule has 1 saturated carbocycles. The molecule has 1 aliphatic carbocycles. The molecule has 0 spiro atoms. The van der Waals surface area contributed by atoms with Crippen molar-refractivity contribution in [1.82, 2.24) is 9.97 Å². The van der Waals surface area contributed by atoms with Crippen molar-refractivity contribution in [2.75, 3.05) is 19.0 Å². The fourth-order valence-corrected chi connectivity index (χ4v) is 1.74. The van der Waals surface area contributed by atoms with Crippen LogP contribution in [0.3, 0.4) is 0 Å². The summed E-state index contributed by atoms with van der Waals surface area (Å²) in [6.07, 6.45) is 4.84. The van der Waals surface area contributed by atoms with E-state index in [9.17, 15) is 10.1 Å². The van der Waals surface area contributed by atoms with Crippen LogP contribution < -0.4 is 10.1 Å². The zero-order chi connectivity index (χ0) is 12.3. The van der Waals surface area contributed by atoms with Crippen LogP contribution in [0.25, 0.3) is 0 Å². The van der Waals surface area contributed by atoms with Gasteiger partial charge in [-0.25, -0.2) is 4.98 Å². The number of rotatable bonds is 5. The van der Waals surface area contributed by atoms with Crippen LogP contribution in [-0.4, -0.2) is 28.5 Å². The molecule has 0 radical (unpaired) electrons. The average molecular weight is 238 g/mol. The smallest absolute Gasteiger partial charge is 0.372 e. The van der Waals surface area contributed by atoms with Crippen molar-refractivity contribution in [2.45, 2.75) is 19.3 Å². The molecule has 0 unspecified atom stereocenters. The maximum absolute atomic E-state index is 10.9. The van der Waals surface area contributed by atoms with E-state index in [1.54, 1.807) is 0 Å². The highest BCUT2D eigenvalue weighted by Gasteiger charge is 2.25. The Morgan fingerprint density at radius 1 is 1.59 bits per heavy atom. The molecule has 1 fully saturated rings. The summed E-state index contributed by atoms with van der Waals surface area (Å²) in [6.45, 7) is 0.709. The van der Waals surface area contributed by atoms with E-state index in [0.29, 0.717) is 12.5 Å². The second-order valence-corrected chi connectivity index (χ2v) is 4.02. The number of nitrogens with zero attached hydrogens (tertiary/aromatic N) is 3. The SMILES string of the molecule is COc1ncnc(NCC2CCC2)c1[N+](=O)[O-]. The lowest BCUT2D eigenvalue weighted by molar-refractivity contribution is -0.385. The molecule has 1 aromatic rings. The largest absolute Gasteiger partial charge is 0.476 e. The Bertz CT molecular complexity index is 420. The molecule has 0 bridgehead atoms. The molecule has 7 nitrogen and oxygen atoms in total. The lowest BCUT2D eigenvalue weighted by Crippen LogP contribution is -2.21. The number of ether oxygens (including phenoxy) is 1. The number of hydrogen-bond donors (Lipinski definition) is 1. The minimum Gasteiger partial charge on any atom is -0.476 e. The second kappa shape index (κ2) is 4.94. The first-order chi connectivity index (χ1) is 8.22. The normalized spacial score (nSPS) is 15.1. The summed E-state index contributed by atoms with van der Waals surface area (Å²) in [5, 5.41) is 13.9. The summed E-state index contributed by atoms with van der Waals surface area (Å²) in [4.78, 5) is 18.0. The minimum atomic E-state index is -0.526. The number of methoxy groups -OCH3 is 1. The van der Waals surface area contributed by atoms with Crippen molar-refractivity contribution in [2.24, 2.45) is 5.92 Å². The number of nitrogens with one attached hydrogen (secondary N) is 1. The van der Waals surface area contributed by atoms with Crippen molar-refractivity contribution in [3.63, 3.8) is 0 Å². The predicted octanol–water partition coefficient (Wildman–Crippen LogP) is 1.61. The molecule has 0 amide bonds. The number of aromatic nitrogens is 2. The first-order valence-corrected chi connectivity index (χ1v) is 5.49. The van der Waals surface area contributed by atoms with E-state index in [1.807, 2.05) is 0 Å². The van der Waals surface area contributed by atoms with Crippen LogP contribution in [0, 0.1) is 16.0 Å². The van der Waals surface area contributed by atoms with Gasteiger partial charge in [-0.3, -0.25) is 10.1 Å². The van der Waals surface area contributed by atoms with Gasteiger partial charge in [-0.1, -0.05) is 6.42 Å². The van der Waals surface area contributed by atoms with Gasteiger partial charge in [0.2, 0.25) is 5.82 Å². The monoisotopic (exact) mass is 238 g/mol. The van der Waals surface area contributed by atoms with Gasteiger partial charge in [-0.05, 0) is 18.8 Å². The molecular formula is C10H14N4O3. The molecule has 17 heavy (non-hydrogen) atoms. The number of anilines is 1. The molecular weight excluding hydrogens is 224 g/mol. The van der Waals surface area contributed by atoms with Crippen LogP contribution in [0.1, 0.15) is 19.3 Å². The fourth-order valence-electron chi connectivity index (χ4n) is 1.74. The molecule has 1 N–H and O–H groups in total. The Kier molecular flexibility index (Phi) is 3.36. The van der Waals surface area contributed by atoms with E-state index in [0.717, 1.165) is 0 Å². The highest BCUT2D eigenvalue weighted by Crippen LogP contribution is 2.32. The van der Waals surface area contributed by atoms with E-state index in [-0.39, 0.29) is 17.4 Å². The zero-order valence-corrected chi connectivity index (χ0v) is 9.55. The Hall–Kier alpha value is -1.92. The molecule has 92 valence electrons. The highest BCUT2D eigenvalue weighted by atomic mass is 16.6. The Labute approximate surface area is 98.4 Å². The summed E-state index contributed by atoms with van der Waals surface area (Å²) in [5.41, 5.74) is -0.200. The van der Waals surface area contributed by atoms with Gasteiger partial charge in [0.25, 0.3) is 5.88 Å². The Morgan fingerprint density at radius 2 is 2.35 bits per heavy atom. The summed E-state index contributed by atoms with van der Waals surface area (Å²) in [7, 11) is 1.35. The van der Waals surface area contributed by atoms with Gasteiger partial charge in [-0.2, -0.15) is 4.98 Å². The van der Waals surface area contributed by atoms with Crippen molar-refractivity contribution in [3.05, 3.63) is 16.4 Å². The molecule has 2 rings (SSSR count). The third-order valence-corrected chi connectivity index (χ3v) is 2.95. The maximum atomic E-state index is 10.9. The zero-order valence-electron chi connectivity index (χ0n) is 9.55. The van der Waals surface area contributed by atoms with Crippen molar-refractivity contribution in [3.8, 4) is 5.88 Å². The third-order valence-electron chi connectivity index (χ3n) is 2.95. The predicted molar refractivity (Wildman–Crippen MR) is 61.1 cm³/mol. The quantitative estimate of drug-likeness (QED) is 0.619. The molecule has 0 aromatic carbocycles. The summed E-state index contributed by atoms with van der Waals surface area (Å²) in [5.74, 6) is 0.811. The number of nitro groups is 1. The van der Waals surface area contributed by atoms with Crippen molar-refractivity contribution < 1.29 is 9.66 Å². The Morgan fingerprint density at radius 3 is 2.88 bits per heavy atom. The van der Waals surface area contributed by atoms with Gasteiger partial charge in [-0.15, -0.1) is 0 Å². The van der Waals surface area contributed by atoms with Gasteiger partial charge in [0.05, 0.1) is 12.0 Å². The van der Waals surface area contributed by atoms with E-state index in [4.69, 9.17) is 4.74 Å². The molecule has 0 saturated heterocycles. The van der Waals surface area contributed by atoms with Crippen LogP contribution in [0.15, 0.2) is 6.33 Å². The minimum absolute atomic E-state index is 0.0129. The summed E-state index contributed by atoms with van der Waals surface area (Å²) >= 11 is 0. The van der Waals surface area contributed by atoms with Gasteiger partial charge in [0, 0.05) is 6.54 Å². The second-order valence-electron chi connectivity index (χ2n) is 4.02. The molecule has 0 atom stereocenters. The summed E-state index contributed by atoms with van der Waals surface area (Å²) < 4.78 is 4.86. The van der Waals surface area contributed by atoms with Crippen molar-refractivity contribution >= 4 is 11.5 Å². The van der Waals surface area contributed by atoms with Crippen LogP contribution in [0.4, 0.5) is 11.5 Å². The first kappa shape index (κ1) is 11.6. The van der Waals surface area contributed by atoms with Crippen LogP contribution in [0.5, 0.6) is 5.88 Å². The van der Waals surface area contributed by atoms with Crippen LogP contribution >= 0.6 is 0 Å². The Balaban J connectivity index is 2.16. The van der Waals surface area contributed by atoms with E-state index >= 15 is 0 Å². The molecule has 1 heterocycles. The van der Waals surface area contributed by atoms with E-state index in [1.165, 1.54) is 32.7 Å². The number of hydrogen-bond acceptors (Lipinski definition) is 6. The van der Waals surface area contributed by atoms with Crippen molar-refractivity contribution in [1.29, 1.82) is 0 Å². The van der Waals surface area contributed by atoms with Gasteiger partial charge in [0.1, 0.15) is 6.33 Å². The van der Waals surface area contributed by atoms with Crippen LogP contribution in [0.2, 0.25) is 0 Å². The summed E-state index contributed by atoms with van der Waals surface area (Å²) in [6, 6.07) is 0. The maximum Gasteiger partial charge on any atom is 0.372 e. The molecule has 7 heteroatoms. The van der Waals surface area contributed by atoms with E-state index < -0.39 is 4.92 Å². The van der Waals surface area contributed by atoms with Gasteiger partial charge >= 0.3 is 5.69 Å².